The van der Waals surface area contributed by atoms with Crippen LogP contribution in [-0.2, 0) is 0 Å². The number of ether oxygens (including phenoxy) is 1. The normalized spacial score (nSPS) is 10.9. The lowest BCUT2D eigenvalue weighted by Gasteiger charge is -2.14. The van der Waals surface area contributed by atoms with E-state index in [-0.39, 0.29) is 11.8 Å². The van der Waals surface area contributed by atoms with Gasteiger partial charge in [0.15, 0.2) is 0 Å². The van der Waals surface area contributed by atoms with Gasteiger partial charge in [-0.15, -0.1) is 0 Å². The molecule has 7 nitrogen and oxygen atoms in total. The molecule has 0 spiro atoms. The fourth-order valence-corrected chi connectivity index (χ4v) is 2.02. The number of aromatic hydroxyl groups is 1. The molecule has 0 aromatic carbocycles. The second kappa shape index (κ2) is 5.80. The summed E-state index contributed by atoms with van der Waals surface area (Å²) in [6, 6.07) is 3.54. The Balaban J connectivity index is 2.08. The Morgan fingerprint density at radius 3 is 2.68 bits per heavy atom. The maximum atomic E-state index is 10.2. The molecule has 112 valence electrons. The second-order valence-electron chi connectivity index (χ2n) is 4.98. The van der Waals surface area contributed by atoms with E-state index in [4.69, 9.17) is 4.74 Å². The zero-order valence-electron chi connectivity index (χ0n) is 12.2. The first-order valence-electron chi connectivity index (χ1n) is 6.82. The lowest BCUT2D eigenvalue weighted by atomic mass is 10.1. The highest BCUT2D eigenvalue weighted by atomic mass is 16.5. The van der Waals surface area contributed by atoms with E-state index < -0.39 is 0 Å². The van der Waals surface area contributed by atoms with Gasteiger partial charge in [-0.2, -0.15) is 9.97 Å². The third-order valence-corrected chi connectivity index (χ3v) is 3.04. The molecule has 0 unspecified atom stereocenters. The molecule has 0 atom stereocenters. The summed E-state index contributed by atoms with van der Waals surface area (Å²) >= 11 is 0. The summed E-state index contributed by atoms with van der Waals surface area (Å²) < 4.78 is 7.38. The van der Waals surface area contributed by atoms with Crippen LogP contribution in [0, 0.1) is 0 Å². The maximum Gasteiger partial charge on any atom is 0.241 e. The van der Waals surface area contributed by atoms with Gasteiger partial charge in [0.25, 0.3) is 0 Å². The van der Waals surface area contributed by atoms with Crippen LogP contribution in [0.5, 0.6) is 17.5 Å². The summed E-state index contributed by atoms with van der Waals surface area (Å²) in [6.45, 7) is 3.87. The van der Waals surface area contributed by atoms with E-state index in [1.807, 2.05) is 13.8 Å². The number of nitrogens with zero attached hydrogens (tertiary/aromatic N) is 5. The summed E-state index contributed by atoms with van der Waals surface area (Å²) in [4.78, 5) is 16.5. The van der Waals surface area contributed by atoms with Gasteiger partial charge >= 0.3 is 0 Å². The maximum absolute atomic E-state index is 10.2. The monoisotopic (exact) mass is 297 g/mol. The third kappa shape index (κ3) is 2.73. The molecular formula is C15H15N5O2. The van der Waals surface area contributed by atoms with Gasteiger partial charge in [-0.05, 0) is 18.1 Å². The minimum Gasteiger partial charge on any atom is -0.493 e. The number of hydrogen-bond donors (Lipinski definition) is 1. The van der Waals surface area contributed by atoms with Gasteiger partial charge < -0.3 is 9.84 Å². The number of imidazole rings is 1. The van der Waals surface area contributed by atoms with Gasteiger partial charge in [0, 0.05) is 18.6 Å². The van der Waals surface area contributed by atoms with Crippen molar-refractivity contribution in [2.24, 2.45) is 0 Å². The first kappa shape index (κ1) is 14.0. The zero-order chi connectivity index (χ0) is 15.5. The lowest BCUT2D eigenvalue weighted by Crippen LogP contribution is -2.05. The van der Waals surface area contributed by atoms with Gasteiger partial charge in [0.2, 0.25) is 17.7 Å². The van der Waals surface area contributed by atoms with E-state index in [2.05, 4.69) is 19.9 Å². The van der Waals surface area contributed by atoms with Crippen LogP contribution in [0.4, 0.5) is 0 Å². The van der Waals surface area contributed by atoms with Crippen molar-refractivity contribution in [2.45, 2.75) is 19.8 Å². The van der Waals surface area contributed by atoms with Crippen molar-refractivity contribution < 1.29 is 9.84 Å². The van der Waals surface area contributed by atoms with Crippen LogP contribution >= 0.6 is 0 Å². The van der Waals surface area contributed by atoms with Crippen molar-refractivity contribution in [1.82, 2.24) is 24.5 Å². The number of rotatable bonds is 4. The van der Waals surface area contributed by atoms with Crippen molar-refractivity contribution >= 4 is 0 Å². The highest BCUT2D eigenvalue weighted by Gasteiger charge is 2.19. The Morgan fingerprint density at radius 1 is 1.18 bits per heavy atom. The molecule has 0 saturated carbocycles. The van der Waals surface area contributed by atoms with Crippen LogP contribution in [0.3, 0.4) is 0 Å². The molecule has 0 aliphatic rings. The van der Waals surface area contributed by atoms with Gasteiger partial charge in [-0.1, -0.05) is 13.8 Å². The predicted octanol–water partition coefficient (Wildman–Crippen LogP) is 2.68. The summed E-state index contributed by atoms with van der Waals surface area (Å²) in [7, 11) is 0. The molecule has 22 heavy (non-hydrogen) atoms. The topological polar surface area (TPSA) is 86.0 Å². The molecule has 0 amide bonds. The average Bonchev–Trinajstić information content (AvgIpc) is 3.01. The number of pyridine rings is 1. The van der Waals surface area contributed by atoms with Crippen LogP contribution in [0.15, 0.2) is 43.2 Å². The Kier molecular flexibility index (Phi) is 3.69. The molecule has 3 aromatic heterocycles. The quantitative estimate of drug-likeness (QED) is 0.796. The lowest BCUT2D eigenvalue weighted by molar-refractivity contribution is 0.408. The van der Waals surface area contributed by atoms with Crippen LogP contribution in [0.2, 0.25) is 0 Å². The summed E-state index contributed by atoms with van der Waals surface area (Å²) in [5.41, 5.74) is 0.549. The van der Waals surface area contributed by atoms with E-state index in [0.29, 0.717) is 23.1 Å². The van der Waals surface area contributed by atoms with Gasteiger partial charge in [0.1, 0.15) is 12.1 Å². The molecule has 0 bridgehead atoms. The van der Waals surface area contributed by atoms with Crippen molar-refractivity contribution in [3.8, 4) is 23.5 Å². The van der Waals surface area contributed by atoms with Gasteiger partial charge in [-0.25, -0.2) is 4.98 Å². The van der Waals surface area contributed by atoms with E-state index in [1.165, 1.54) is 0 Å². The Hall–Kier alpha value is -2.96. The molecule has 3 heterocycles. The van der Waals surface area contributed by atoms with Gasteiger partial charge in [0.05, 0.1) is 11.8 Å². The molecular weight excluding hydrogens is 282 g/mol. The summed E-state index contributed by atoms with van der Waals surface area (Å²) in [6.07, 6.45) is 8.10. The Bertz CT molecular complexity index is 757. The Morgan fingerprint density at radius 2 is 2.05 bits per heavy atom. The standard InChI is InChI=1S/C15H15N5O2/c1-10(2)12-13(21)18-15(20-7-6-17-9-20)19-14(12)22-11-4-3-5-16-8-11/h3-10H,1-2H3,(H,18,19,21). The predicted molar refractivity (Wildman–Crippen MR) is 79.2 cm³/mol. The molecule has 0 fully saturated rings. The largest absolute Gasteiger partial charge is 0.493 e. The third-order valence-electron chi connectivity index (χ3n) is 3.04. The smallest absolute Gasteiger partial charge is 0.241 e. The van der Waals surface area contributed by atoms with E-state index in [1.54, 1.807) is 47.8 Å². The van der Waals surface area contributed by atoms with Crippen LogP contribution < -0.4 is 4.74 Å². The fraction of sp³-hybridized carbons (Fsp3) is 0.200. The first-order valence-corrected chi connectivity index (χ1v) is 6.82. The molecule has 3 aromatic rings. The van der Waals surface area contributed by atoms with E-state index in [0.717, 1.165) is 0 Å². The van der Waals surface area contributed by atoms with Crippen molar-refractivity contribution in [2.75, 3.05) is 0 Å². The van der Waals surface area contributed by atoms with E-state index in [9.17, 15) is 5.11 Å². The van der Waals surface area contributed by atoms with E-state index >= 15 is 0 Å². The Labute approximate surface area is 127 Å². The minimum absolute atomic E-state index is 0.00325. The summed E-state index contributed by atoms with van der Waals surface area (Å²) in [5.74, 6) is 1.03. The molecule has 0 aliphatic heterocycles. The van der Waals surface area contributed by atoms with Crippen LogP contribution in [0.25, 0.3) is 5.95 Å². The molecule has 0 radical (unpaired) electrons. The molecule has 0 aliphatic carbocycles. The second-order valence-corrected chi connectivity index (χ2v) is 4.98. The summed E-state index contributed by atoms with van der Waals surface area (Å²) in [5, 5.41) is 10.2. The first-order chi connectivity index (χ1) is 10.6. The van der Waals surface area contributed by atoms with Crippen molar-refractivity contribution in [3.05, 3.63) is 48.8 Å². The minimum atomic E-state index is -0.104. The molecule has 1 N–H and O–H groups in total. The zero-order valence-corrected chi connectivity index (χ0v) is 12.2. The number of hydrogen-bond acceptors (Lipinski definition) is 6. The van der Waals surface area contributed by atoms with Crippen molar-refractivity contribution in [3.63, 3.8) is 0 Å². The van der Waals surface area contributed by atoms with Crippen molar-refractivity contribution in [1.29, 1.82) is 0 Å². The molecule has 3 rings (SSSR count). The van der Waals surface area contributed by atoms with Crippen LogP contribution in [-0.4, -0.2) is 29.6 Å². The SMILES string of the molecule is CC(C)c1c(O)nc(-n2ccnc2)nc1Oc1cccnc1. The molecule has 7 heteroatoms. The van der Waals surface area contributed by atoms with Gasteiger partial charge in [-0.3, -0.25) is 9.55 Å². The number of aromatic nitrogens is 5. The fourth-order valence-electron chi connectivity index (χ4n) is 2.02. The highest BCUT2D eigenvalue weighted by molar-refractivity contribution is 5.42. The van der Waals surface area contributed by atoms with Crippen LogP contribution in [0.1, 0.15) is 25.3 Å². The average molecular weight is 297 g/mol. The highest BCUT2D eigenvalue weighted by Crippen LogP contribution is 2.34. The molecule has 0 saturated heterocycles.